The second kappa shape index (κ2) is 11.0. The van der Waals surface area contributed by atoms with Crippen LogP contribution in [-0.4, -0.2) is 32.4 Å². The van der Waals surface area contributed by atoms with Crippen LogP contribution < -0.4 is 5.32 Å². The first kappa shape index (κ1) is 27.1. The van der Waals surface area contributed by atoms with Gasteiger partial charge in [-0.25, -0.2) is 4.79 Å². The molecule has 3 N–H and O–H groups in total. The zero-order chi connectivity index (χ0) is 28.6. The van der Waals surface area contributed by atoms with E-state index in [0.29, 0.717) is 22.2 Å². The van der Waals surface area contributed by atoms with Crippen LogP contribution in [0.4, 0.5) is 5.69 Å². The van der Waals surface area contributed by atoms with Crippen molar-refractivity contribution in [3.63, 3.8) is 0 Å². The third kappa shape index (κ3) is 5.35. The van der Waals surface area contributed by atoms with E-state index >= 15 is 0 Å². The average molecular weight is 644 g/mol. The molecule has 40 heavy (non-hydrogen) atoms. The first-order valence-corrected chi connectivity index (χ1v) is 13.5. The van der Waals surface area contributed by atoms with Crippen LogP contribution in [-0.2, 0) is 23.1 Å². The highest BCUT2D eigenvalue weighted by atomic mass is 127. The van der Waals surface area contributed by atoms with Gasteiger partial charge in [-0.05, 0) is 76.0 Å². The van der Waals surface area contributed by atoms with Crippen molar-refractivity contribution in [2.24, 2.45) is 7.05 Å². The maximum Gasteiger partial charge on any atom is 0.339 e. The summed E-state index contributed by atoms with van der Waals surface area (Å²) in [6, 6.07) is 25.7. The summed E-state index contributed by atoms with van der Waals surface area (Å²) in [6.45, 7) is 2.02. The Kier molecular flexibility index (Phi) is 7.44. The van der Waals surface area contributed by atoms with Crippen molar-refractivity contribution in [1.29, 1.82) is 0 Å². The van der Waals surface area contributed by atoms with E-state index in [1.165, 1.54) is 12.1 Å². The lowest BCUT2D eigenvalue weighted by molar-refractivity contribution is -0.134. The van der Waals surface area contributed by atoms with Crippen molar-refractivity contribution in [3.8, 4) is 28.1 Å². The molecule has 0 saturated heterocycles. The van der Waals surface area contributed by atoms with Crippen molar-refractivity contribution >= 4 is 56.8 Å². The molecule has 5 aromatic rings. The smallest absolute Gasteiger partial charge is 0.339 e. The summed E-state index contributed by atoms with van der Waals surface area (Å²) in [7, 11) is 1.83. The molecule has 0 atom stereocenters. The molecule has 0 unspecified atom stereocenters. The number of aryl methyl sites for hydroxylation is 2. The SMILES string of the molecule is Cc1ccc(-c2cccc(NC(=O)C(=O)Cc3cccc(-c4c(I)c5cc(C(=O)O)c(O)cc5n4C)c3)c2)cc1. The highest BCUT2D eigenvalue weighted by molar-refractivity contribution is 14.1. The zero-order valence-corrected chi connectivity index (χ0v) is 23.9. The van der Waals surface area contributed by atoms with Gasteiger partial charge in [0, 0.05) is 34.2 Å². The van der Waals surface area contributed by atoms with E-state index in [0.717, 1.165) is 31.5 Å². The third-order valence-corrected chi connectivity index (χ3v) is 7.90. The Labute approximate surface area is 244 Å². The van der Waals surface area contributed by atoms with Crippen molar-refractivity contribution in [2.75, 3.05) is 5.32 Å². The number of benzene rings is 4. The number of carboxylic acid groups (broad SMARTS) is 1. The number of nitrogens with zero attached hydrogens (tertiary/aromatic N) is 1. The number of rotatable bonds is 7. The van der Waals surface area contributed by atoms with E-state index in [4.69, 9.17) is 0 Å². The summed E-state index contributed by atoms with van der Waals surface area (Å²) >= 11 is 2.16. The van der Waals surface area contributed by atoms with Crippen LogP contribution in [0, 0.1) is 10.5 Å². The van der Waals surface area contributed by atoms with Crippen molar-refractivity contribution in [2.45, 2.75) is 13.3 Å². The molecule has 0 spiro atoms. The highest BCUT2D eigenvalue weighted by Crippen LogP contribution is 2.37. The van der Waals surface area contributed by atoms with Crippen LogP contribution in [0.2, 0.25) is 0 Å². The molecule has 0 bridgehead atoms. The number of aromatic carboxylic acids is 1. The molecule has 1 amide bonds. The molecule has 1 heterocycles. The maximum atomic E-state index is 12.9. The van der Waals surface area contributed by atoms with E-state index in [2.05, 4.69) is 27.9 Å². The summed E-state index contributed by atoms with van der Waals surface area (Å²) in [6.07, 6.45) is -0.0815. The number of carboxylic acids is 1. The lowest BCUT2D eigenvalue weighted by Gasteiger charge is -2.09. The second-order valence-electron chi connectivity index (χ2n) is 9.61. The summed E-state index contributed by atoms with van der Waals surface area (Å²) in [4.78, 5) is 37.2. The summed E-state index contributed by atoms with van der Waals surface area (Å²) in [5.41, 5.74) is 6.44. The van der Waals surface area contributed by atoms with E-state index in [-0.39, 0.29) is 17.7 Å². The molecule has 8 heteroatoms. The van der Waals surface area contributed by atoms with Crippen molar-refractivity contribution in [1.82, 2.24) is 4.57 Å². The first-order chi connectivity index (χ1) is 19.1. The predicted molar refractivity (Wildman–Crippen MR) is 164 cm³/mol. The van der Waals surface area contributed by atoms with E-state index in [9.17, 15) is 24.6 Å². The van der Waals surface area contributed by atoms with Gasteiger partial charge in [-0.1, -0.05) is 60.2 Å². The number of hydrogen-bond donors (Lipinski definition) is 3. The van der Waals surface area contributed by atoms with Gasteiger partial charge in [0.25, 0.3) is 5.91 Å². The van der Waals surface area contributed by atoms with Gasteiger partial charge < -0.3 is 20.1 Å². The number of carbonyl (C=O) groups is 3. The molecule has 0 radical (unpaired) electrons. The molecular weight excluding hydrogens is 619 g/mol. The second-order valence-corrected chi connectivity index (χ2v) is 10.7. The number of Topliss-reactive ketones (excluding diaryl/α,β-unsaturated/α-hetero) is 1. The van der Waals surface area contributed by atoms with Gasteiger partial charge in [0.05, 0.1) is 11.2 Å². The number of anilines is 1. The Hall–Kier alpha value is -4.44. The molecule has 0 saturated carbocycles. The van der Waals surface area contributed by atoms with Crippen LogP contribution in [0.1, 0.15) is 21.5 Å². The number of fused-ring (bicyclic) bond motifs is 1. The van der Waals surface area contributed by atoms with Gasteiger partial charge in [0.15, 0.2) is 0 Å². The summed E-state index contributed by atoms with van der Waals surface area (Å²) < 4.78 is 2.68. The molecule has 200 valence electrons. The quantitative estimate of drug-likeness (QED) is 0.137. The number of carbonyl (C=O) groups excluding carboxylic acids is 2. The highest BCUT2D eigenvalue weighted by Gasteiger charge is 2.21. The number of amides is 1. The van der Waals surface area contributed by atoms with Crippen LogP contribution >= 0.6 is 22.6 Å². The molecule has 0 aliphatic carbocycles. The Morgan fingerprint density at radius 3 is 2.30 bits per heavy atom. The number of hydrogen-bond acceptors (Lipinski definition) is 4. The number of ketones is 1. The minimum Gasteiger partial charge on any atom is -0.507 e. The molecule has 0 aliphatic rings. The standard InChI is InChI=1S/C32H25IN2O5/c1-18-9-11-20(12-10-18)21-6-4-8-23(15-21)34-31(38)28(37)14-19-5-3-7-22(13-19)30-29(33)24-16-25(32(39)40)27(36)17-26(24)35(30)2/h3-13,15-17,36H,14H2,1-2H3,(H,34,38)(H,39,40). The number of aromatic hydroxyl groups is 1. The fourth-order valence-corrected chi connectivity index (χ4v) is 5.84. The summed E-state index contributed by atoms with van der Waals surface area (Å²) in [5.74, 6) is -2.78. The van der Waals surface area contributed by atoms with Crippen molar-refractivity contribution < 1.29 is 24.6 Å². The fraction of sp³-hybridized carbons (Fsp3) is 0.0938. The lowest BCUT2D eigenvalue weighted by atomic mass is 10.0. The van der Waals surface area contributed by atoms with Gasteiger partial charge in [0.2, 0.25) is 5.78 Å². The molecule has 7 nitrogen and oxygen atoms in total. The zero-order valence-electron chi connectivity index (χ0n) is 21.7. The Morgan fingerprint density at radius 1 is 0.875 bits per heavy atom. The van der Waals surface area contributed by atoms with Crippen LogP contribution in [0.25, 0.3) is 33.3 Å². The minimum atomic E-state index is -1.21. The van der Waals surface area contributed by atoms with Gasteiger partial charge in [-0.15, -0.1) is 0 Å². The fourth-order valence-electron chi connectivity index (χ4n) is 4.74. The van der Waals surface area contributed by atoms with Crippen LogP contribution in [0.3, 0.4) is 0 Å². The van der Waals surface area contributed by atoms with Gasteiger partial charge in [-0.3, -0.25) is 9.59 Å². The van der Waals surface area contributed by atoms with Crippen LogP contribution in [0.15, 0.2) is 84.9 Å². The predicted octanol–water partition coefficient (Wildman–Crippen LogP) is 6.58. The molecule has 4 aromatic carbocycles. The largest absolute Gasteiger partial charge is 0.507 e. The Balaban J connectivity index is 1.36. The number of halogens is 1. The Bertz CT molecular complexity index is 1800. The topological polar surface area (TPSA) is 109 Å². The van der Waals surface area contributed by atoms with Crippen LogP contribution in [0.5, 0.6) is 5.75 Å². The van der Waals surface area contributed by atoms with E-state index in [1.54, 1.807) is 12.1 Å². The molecule has 5 rings (SSSR count). The first-order valence-electron chi connectivity index (χ1n) is 12.5. The molecular formula is C32H25IN2O5. The lowest BCUT2D eigenvalue weighted by Crippen LogP contribution is -2.24. The van der Waals surface area contributed by atoms with E-state index < -0.39 is 17.7 Å². The molecule has 0 aliphatic heterocycles. The average Bonchev–Trinajstić information content (AvgIpc) is 3.17. The molecule has 1 aromatic heterocycles. The van der Waals surface area contributed by atoms with E-state index in [1.807, 2.05) is 79.2 Å². The Morgan fingerprint density at radius 2 is 1.57 bits per heavy atom. The molecule has 0 fully saturated rings. The normalized spacial score (nSPS) is 11.0. The van der Waals surface area contributed by atoms with Gasteiger partial charge in [-0.2, -0.15) is 0 Å². The van der Waals surface area contributed by atoms with Crippen molar-refractivity contribution in [3.05, 3.63) is 105 Å². The monoisotopic (exact) mass is 644 g/mol. The summed E-state index contributed by atoms with van der Waals surface area (Å²) in [5, 5.41) is 23.0. The number of phenols is 1. The maximum absolute atomic E-state index is 12.9. The van der Waals surface area contributed by atoms with Gasteiger partial charge >= 0.3 is 5.97 Å². The minimum absolute atomic E-state index is 0.0815. The third-order valence-electron chi connectivity index (χ3n) is 6.81. The number of nitrogens with one attached hydrogen (secondary N) is 1. The number of aromatic nitrogens is 1. The van der Waals surface area contributed by atoms with Gasteiger partial charge in [0.1, 0.15) is 11.3 Å².